The first-order valence-electron chi connectivity index (χ1n) is 5.37. The number of benzene rings is 1. The molecule has 5 nitrogen and oxygen atoms in total. The van der Waals surface area contributed by atoms with E-state index in [1.807, 2.05) is 0 Å². The van der Waals surface area contributed by atoms with Crippen LogP contribution in [0.2, 0.25) is 0 Å². The number of rotatable bonds is 5. The summed E-state index contributed by atoms with van der Waals surface area (Å²) in [6, 6.07) is 4.07. The highest BCUT2D eigenvalue weighted by Gasteiger charge is 2.13. The Morgan fingerprint density at radius 1 is 1.44 bits per heavy atom. The fourth-order valence-electron chi connectivity index (χ4n) is 1.28. The second-order valence-corrected chi connectivity index (χ2v) is 3.86. The molecular weight excluding hydrogens is 241 g/mol. The lowest BCUT2D eigenvalue weighted by Crippen LogP contribution is -2.30. The third-order valence-corrected chi connectivity index (χ3v) is 2.42. The maximum absolute atomic E-state index is 13.2. The minimum Gasteiger partial charge on any atom is -0.479 e. The highest BCUT2D eigenvalue weighted by atomic mass is 19.1. The molecule has 1 aromatic carbocycles. The molecule has 0 aliphatic heterocycles. The van der Waals surface area contributed by atoms with Gasteiger partial charge in [-0.2, -0.15) is 0 Å². The van der Waals surface area contributed by atoms with E-state index in [-0.39, 0.29) is 18.5 Å². The molecule has 3 N–H and O–H groups in total. The highest BCUT2D eigenvalue weighted by molar-refractivity contribution is 5.94. The van der Waals surface area contributed by atoms with Gasteiger partial charge in [-0.15, -0.1) is 0 Å². The van der Waals surface area contributed by atoms with E-state index in [0.717, 1.165) is 6.07 Å². The SMILES string of the molecule is Cc1ccc(C(=O)NCCC(O)C(=O)O)cc1F. The van der Waals surface area contributed by atoms with Crippen molar-refractivity contribution in [2.45, 2.75) is 19.4 Å². The van der Waals surface area contributed by atoms with Crippen molar-refractivity contribution in [1.29, 1.82) is 0 Å². The molecular formula is C12H14FNO4. The summed E-state index contributed by atoms with van der Waals surface area (Å²) in [5, 5.41) is 19.8. The largest absolute Gasteiger partial charge is 0.479 e. The zero-order chi connectivity index (χ0) is 13.7. The number of amides is 1. The lowest BCUT2D eigenvalue weighted by atomic mass is 10.1. The number of aryl methyl sites for hydroxylation is 1. The number of carboxylic acid groups (broad SMARTS) is 1. The fraction of sp³-hybridized carbons (Fsp3) is 0.333. The van der Waals surface area contributed by atoms with Crippen molar-refractivity contribution in [2.24, 2.45) is 0 Å². The number of hydrogen-bond acceptors (Lipinski definition) is 3. The van der Waals surface area contributed by atoms with Crippen LogP contribution < -0.4 is 5.32 Å². The molecule has 1 atom stereocenters. The van der Waals surface area contributed by atoms with E-state index in [4.69, 9.17) is 10.2 Å². The Labute approximate surface area is 103 Å². The van der Waals surface area contributed by atoms with Crippen molar-refractivity contribution in [3.63, 3.8) is 0 Å². The zero-order valence-corrected chi connectivity index (χ0v) is 9.81. The first kappa shape index (κ1) is 14.1. The maximum atomic E-state index is 13.2. The number of carbonyl (C=O) groups excluding carboxylic acids is 1. The lowest BCUT2D eigenvalue weighted by molar-refractivity contribution is -0.146. The number of carboxylic acids is 1. The van der Waals surface area contributed by atoms with Gasteiger partial charge in [0.05, 0.1) is 0 Å². The summed E-state index contributed by atoms with van der Waals surface area (Å²) in [6.07, 6.45) is -1.62. The molecule has 0 heterocycles. The molecule has 6 heteroatoms. The van der Waals surface area contributed by atoms with Gasteiger partial charge >= 0.3 is 5.97 Å². The van der Waals surface area contributed by atoms with Crippen LogP contribution >= 0.6 is 0 Å². The number of carbonyl (C=O) groups is 2. The molecule has 0 aliphatic carbocycles. The molecule has 0 radical (unpaired) electrons. The number of aliphatic hydroxyl groups is 1. The van der Waals surface area contributed by atoms with E-state index in [1.165, 1.54) is 12.1 Å². The average molecular weight is 255 g/mol. The van der Waals surface area contributed by atoms with Crippen molar-refractivity contribution < 1.29 is 24.2 Å². The predicted octanol–water partition coefficient (Wildman–Crippen LogP) is 0.700. The quantitative estimate of drug-likeness (QED) is 0.722. The van der Waals surface area contributed by atoms with Gasteiger partial charge in [-0.1, -0.05) is 6.07 Å². The van der Waals surface area contributed by atoms with E-state index in [1.54, 1.807) is 6.92 Å². The molecule has 18 heavy (non-hydrogen) atoms. The monoisotopic (exact) mass is 255 g/mol. The Hall–Kier alpha value is -1.95. The Kier molecular flexibility index (Phi) is 4.79. The van der Waals surface area contributed by atoms with Gasteiger partial charge in [0, 0.05) is 18.5 Å². The molecule has 1 amide bonds. The van der Waals surface area contributed by atoms with Crippen molar-refractivity contribution in [2.75, 3.05) is 6.54 Å². The smallest absolute Gasteiger partial charge is 0.332 e. The molecule has 0 saturated heterocycles. The van der Waals surface area contributed by atoms with Gasteiger partial charge in [0.15, 0.2) is 6.10 Å². The normalized spacial score (nSPS) is 11.9. The maximum Gasteiger partial charge on any atom is 0.332 e. The van der Waals surface area contributed by atoms with E-state index in [2.05, 4.69) is 5.32 Å². The molecule has 0 saturated carbocycles. The van der Waals surface area contributed by atoms with Crippen LogP contribution in [0.25, 0.3) is 0 Å². The van der Waals surface area contributed by atoms with Gasteiger partial charge < -0.3 is 15.5 Å². The van der Waals surface area contributed by atoms with Crippen LogP contribution in [0, 0.1) is 12.7 Å². The Morgan fingerprint density at radius 3 is 2.67 bits per heavy atom. The summed E-state index contributed by atoms with van der Waals surface area (Å²) in [5.74, 6) is -2.33. The Morgan fingerprint density at radius 2 is 2.11 bits per heavy atom. The van der Waals surface area contributed by atoms with Gasteiger partial charge in [-0.05, 0) is 24.6 Å². The molecule has 0 bridgehead atoms. The topological polar surface area (TPSA) is 86.6 Å². The van der Waals surface area contributed by atoms with Crippen LogP contribution in [-0.4, -0.2) is 34.7 Å². The number of nitrogens with one attached hydrogen (secondary N) is 1. The number of aliphatic carboxylic acids is 1. The van der Waals surface area contributed by atoms with Gasteiger partial charge in [0.1, 0.15) is 5.82 Å². The molecule has 0 fully saturated rings. The van der Waals surface area contributed by atoms with E-state index in [0.29, 0.717) is 5.56 Å². The summed E-state index contributed by atoms with van der Waals surface area (Å²) < 4.78 is 13.2. The third-order valence-electron chi connectivity index (χ3n) is 2.42. The van der Waals surface area contributed by atoms with Crippen molar-refractivity contribution >= 4 is 11.9 Å². The number of halogens is 1. The number of hydrogen-bond donors (Lipinski definition) is 3. The van der Waals surface area contributed by atoms with E-state index in [9.17, 15) is 14.0 Å². The fourth-order valence-corrected chi connectivity index (χ4v) is 1.28. The molecule has 1 unspecified atom stereocenters. The molecule has 0 spiro atoms. The molecule has 0 aromatic heterocycles. The Bertz CT molecular complexity index is 461. The minimum absolute atomic E-state index is 0.00178. The minimum atomic E-state index is -1.51. The van der Waals surface area contributed by atoms with Crippen LogP contribution in [0.4, 0.5) is 4.39 Å². The van der Waals surface area contributed by atoms with Gasteiger partial charge in [0.2, 0.25) is 0 Å². The molecule has 0 aliphatic rings. The lowest BCUT2D eigenvalue weighted by Gasteiger charge is -2.08. The predicted molar refractivity (Wildman–Crippen MR) is 61.7 cm³/mol. The van der Waals surface area contributed by atoms with Gasteiger partial charge in [-0.25, -0.2) is 9.18 Å². The highest BCUT2D eigenvalue weighted by Crippen LogP contribution is 2.08. The van der Waals surface area contributed by atoms with Crippen LogP contribution in [-0.2, 0) is 4.79 Å². The van der Waals surface area contributed by atoms with Crippen LogP contribution in [0.1, 0.15) is 22.3 Å². The Balaban J connectivity index is 2.50. The summed E-state index contributed by atoms with van der Waals surface area (Å²) >= 11 is 0. The first-order valence-corrected chi connectivity index (χ1v) is 5.37. The van der Waals surface area contributed by atoms with Crippen molar-refractivity contribution in [3.05, 3.63) is 35.1 Å². The van der Waals surface area contributed by atoms with Crippen LogP contribution in [0.3, 0.4) is 0 Å². The summed E-state index contributed by atoms with van der Waals surface area (Å²) in [5.41, 5.74) is 0.593. The van der Waals surface area contributed by atoms with Crippen molar-refractivity contribution in [3.8, 4) is 0 Å². The second-order valence-electron chi connectivity index (χ2n) is 3.86. The van der Waals surface area contributed by atoms with Crippen LogP contribution in [0.5, 0.6) is 0 Å². The summed E-state index contributed by atoms with van der Waals surface area (Å²) in [6.45, 7) is 1.59. The van der Waals surface area contributed by atoms with E-state index < -0.39 is 23.8 Å². The molecule has 1 aromatic rings. The molecule has 98 valence electrons. The van der Waals surface area contributed by atoms with E-state index >= 15 is 0 Å². The first-order chi connectivity index (χ1) is 8.41. The second kappa shape index (κ2) is 6.11. The van der Waals surface area contributed by atoms with Gasteiger partial charge in [-0.3, -0.25) is 4.79 Å². The van der Waals surface area contributed by atoms with Gasteiger partial charge in [0.25, 0.3) is 5.91 Å². The summed E-state index contributed by atoms with van der Waals surface area (Å²) in [4.78, 5) is 21.9. The number of aliphatic hydroxyl groups excluding tert-OH is 1. The zero-order valence-electron chi connectivity index (χ0n) is 9.81. The van der Waals surface area contributed by atoms with Crippen LogP contribution in [0.15, 0.2) is 18.2 Å². The third kappa shape index (κ3) is 3.81. The molecule has 1 rings (SSSR count). The summed E-state index contributed by atoms with van der Waals surface area (Å²) in [7, 11) is 0. The van der Waals surface area contributed by atoms with Crippen molar-refractivity contribution in [1.82, 2.24) is 5.32 Å². The standard InChI is InChI=1S/C12H14FNO4/c1-7-2-3-8(6-9(7)13)11(16)14-5-4-10(15)12(17)18/h2-3,6,10,15H,4-5H2,1H3,(H,14,16)(H,17,18). The average Bonchev–Trinajstić information content (AvgIpc) is 2.32.